The highest BCUT2D eigenvalue weighted by molar-refractivity contribution is 14.1. The predicted molar refractivity (Wildman–Crippen MR) is 83.6 cm³/mol. The van der Waals surface area contributed by atoms with E-state index in [1.807, 2.05) is 11.8 Å². The van der Waals surface area contributed by atoms with Gasteiger partial charge in [0.15, 0.2) is 0 Å². The Hall–Kier alpha value is 0.680. The van der Waals surface area contributed by atoms with E-state index < -0.39 is 3.93 Å². The van der Waals surface area contributed by atoms with Gasteiger partial charge in [-0.15, -0.1) is 11.8 Å². The zero-order valence-electron chi connectivity index (χ0n) is 11.3. The first-order valence-corrected chi connectivity index (χ1v) is 8.69. The maximum absolute atomic E-state index is 13.2. The Morgan fingerprint density at radius 3 is 2.22 bits per heavy atom. The van der Waals surface area contributed by atoms with Crippen LogP contribution in [0.2, 0.25) is 0 Å². The molecule has 2 aliphatic rings. The molecular weight excluding hydrogens is 365 g/mol. The monoisotopic (exact) mass is 386 g/mol. The van der Waals surface area contributed by atoms with E-state index in [9.17, 15) is 8.78 Å². The number of alkyl halides is 3. The lowest BCUT2D eigenvalue weighted by atomic mass is 9.75. The zero-order chi connectivity index (χ0) is 13.7. The van der Waals surface area contributed by atoms with Gasteiger partial charge in [0.2, 0.25) is 0 Å². The minimum atomic E-state index is -2.55. The van der Waals surface area contributed by atoms with Gasteiger partial charge < -0.3 is 0 Å². The standard InChI is InChI=1S/C14H21F2IS/c1-7(2)11-10-5-9(6-14(15,16)17)13(18-10)12(11)8(3)4/h7-10,13H,5-6H2,1-4H3. The first-order valence-electron chi connectivity index (χ1n) is 6.66. The Kier molecular flexibility index (Phi) is 4.38. The Morgan fingerprint density at radius 2 is 1.78 bits per heavy atom. The average Bonchev–Trinajstić information content (AvgIpc) is 2.70. The van der Waals surface area contributed by atoms with Crippen LogP contribution in [-0.2, 0) is 0 Å². The summed E-state index contributed by atoms with van der Waals surface area (Å²) in [7, 11) is 0. The van der Waals surface area contributed by atoms with E-state index in [0.29, 0.717) is 22.3 Å². The third-order valence-electron chi connectivity index (χ3n) is 3.98. The van der Waals surface area contributed by atoms with Crippen molar-refractivity contribution < 1.29 is 8.78 Å². The van der Waals surface area contributed by atoms with Crippen molar-refractivity contribution in [3.05, 3.63) is 11.1 Å². The fraction of sp³-hybridized carbons (Fsp3) is 0.857. The number of fused-ring (bicyclic) bond motifs is 2. The summed E-state index contributed by atoms with van der Waals surface area (Å²) in [6, 6.07) is 0. The van der Waals surface area contributed by atoms with E-state index in [4.69, 9.17) is 0 Å². The molecule has 2 bridgehead atoms. The van der Waals surface area contributed by atoms with Crippen LogP contribution in [0.25, 0.3) is 0 Å². The molecule has 0 aromatic rings. The van der Waals surface area contributed by atoms with E-state index >= 15 is 0 Å². The third-order valence-corrected chi connectivity index (χ3v) is 6.13. The minimum Gasteiger partial charge on any atom is -0.195 e. The molecule has 3 unspecified atom stereocenters. The molecule has 0 radical (unpaired) electrons. The molecule has 3 atom stereocenters. The third kappa shape index (κ3) is 2.89. The molecule has 0 saturated carbocycles. The van der Waals surface area contributed by atoms with Crippen LogP contribution in [0.3, 0.4) is 0 Å². The van der Waals surface area contributed by atoms with Crippen LogP contribution in [0.5, 0.6) is 0 Å². The second-order valence-electron chi connectivity index (χ2n) is 6.08. The SMILES string of the molecule is CC(C)C1=C(C(C)C)C2SC1CC2CC(F)(F)I. The first kappa shape index (κ1) is 15.1. The Balaban J connectivity index is 2.23. The van der Waals surface area contributed by atoms with Crippen molar-refractivity contribution in [3.8, 4) is 0 Å². The normalized spacial score (nSPS) is 32.2. The van der Waals surface area contributed by atoms with Gasteiger partial charge in [0, 0.05) is 16.9 Å². The molecule has 0 N–H and O–H groups in total. The number of hydrogen-bond donors (Lipinski definition) is 0. The maximum Gasteiger partial charge on any atom is 0.296 e. The van der Waals surface area contributed by atoms with Crippen LogP contribution in [-0.4, -0.2) is 14.4 Å². The molecule has 0 amide bonds. The van der Waals surface area contributed by atoms with Gasteiger partial charge in [-0.25, -0.2) is 0 Å². The number of halogens is 3. The smallest absolute Gasteiger partial charge is 0.195 e. The Bertz CT molecular complexity index is 357. The van der Waals surface area contributed by atoms with Crippen LogP contribution >= 0.6 is 34.4 Å². The lowest BCUT2D eigenvalue weighted by Gasteiger charge is -2.30. The molecule has 0 spiro atoms. The molecule has 18 heavy (non-hydrogen) atoms. The molecule has 104 valence electrons. The quantitative estimate of drug-likeness (QED) is 0.349. The summed E-state index contributed by atoms with van der Waals surface area (Å²) >= 11 is 3.23. The van der Waals surface area contributed by atoms with Crippen molar-refractivity contribution in [1.29, 1.82) is 0 Å². The van der Waals surface area contributed by atoms with Gasteiger partial charge >= 0.3 is 0 Å². The zero-order valence-corrected chi connectivity index (χ0v) is 14.3. The van der Waals surface area contributed by atoms with Crippen LogP contribution < -0.4 is 0 Å². The number of thioether (sulfide) groups is 1. The van der Waals surface area contributed by atoms with E-state index in [1.54, 1.807) is 5.57 Å². The van der Waals surface area contributed by atoms with Crippen LogP contribution in [0.4, 0.5) is 8.78 Å². The highest BCUT2D eigenvalue weighted by atomic mass is 127. The summed E-state index contributed by atoms with van der Waals surface area (Å²) in [5.41, 5.74) is 3.05. The van der Waals surface area contributed by atoms with Gasteiger partial charge in [0.25, 0.3) is 3.93 Å². The minimum absolute atomic E-state index is 0.0450. The van der Waals surface area contributed by atoms with Gasteiger partial charge in [-0.3, -0.25) is 0 Å². The maximum atomic E-state index is 13.2. The number of hydrogen-bond acceptors (Lipinski definition) is 1. The highest BCUT2D eigenvalue weighted by Crippen LogP contribution is 2.58. The van der Waals surface area contributed by atoms with E-state index in [0.717, 1.165) is 6.42 Å². The van der Waals surface area contributed by atoms with Crippen LogP contribution in [0.15, 0.2) is 11.1 Å². The molecular formula is C14H21F2IS. The Morgan fingerprint density at radius 1 is 1.22 bits per heavy atom. The molecule has 0 aromatic heterocycles. The second-order valence-corrected chi connectivity index (χ2v) is 9.01. The van der Waals surface area contributed by atoms with Gasteiger partial charge in [0.05, 0.1) is 0 Å². The van der Waals surface area contributed by atoms with Gasteiger partial charge in [0.1, 0.15) is 0 Å². The highest BCUT2D eigenvalue weighted by Gasteiger charge is 2.49. The summed E-state index contributed by atoms with van der Waals surface area (Å²) in [5, 5.41) is 0.865. The van der Waals surface area contributed by atoms with E-state index in [-0.39, 0.29) is 12.3 Å². The van der Waals surface area contributed by atoms with Crippen LogP contribution in [0.1, 0.15) is 40.5 Å². The largest absolute Gasteiger partial charge is 0.296 e. The summed E-state index contributed by atoms with van der Waals surface area (Å²) in [5.74, 6) is 1.23. The molecule has 1 fully saturated rings. The summed E-state index contributed by atoms with van der Waals surface area (Å²) in [6.45, 7) is 8.89. The van der Waals surface area contributed by atoms with Crippen molar-refractivity contribution in [2.75, 3.05) is 0 Å². The molecule has 2 heterocycles. The van der Waals surface area contributed by atoms with Crippen molar-refractivity contribution in [2.24, 2.45) is 17.8 Å². The fourth-order valence-electron chi connectivity index (χ4n) is 3.47. The molecule has 4 heteroatoms. The van der Waals surface area contributed by atoms with Crippen molar-refractivity contribution in [1.82, 2.24) is 0 Å². The van der Waals surface area contributed by atoms with E-state index in [2.05, 4.69) is 27.7 Å². The van der Waals surface area contributed by atoms with Crippen molar-refractivity contribution in [2.45, 2.75) is 55.0 Å². The molecule has 2 aliphatic heterocycles. The van der Waals surface area contributed by atoms with Crippen molar-refractivity contribution in [3.63, 3.8) is 0 Å². The Labute approximate surface area is 126 Å². The average molecular weight is 386 g/mol. The lowest BCUT2D eigenvalue weighted by Crippen LogP contribution is -2.27. The molecule has 0 aromatic carbocycles. The second kappa shape index (κ2) is 5.23. The predicted octanol–water partition coefficient (Wildman–Crippen LogP) is 5.52. The van der Waals surface area contributed by atoms with Crippen LogP contribution in [0, 0.1) is 17.8 Å². The lowest BCUT2D eigenvalue weighted by molar-refractivity contribution is 0.0939. The summed E-state index contributed by atoms with van der Waals surface area (Å²) < 4.78 is 23.9. The fourth-order valence-corrected chi connectivity index (χ4v) is 6.29. The van der Waals surface area contributed by atoms with Gasteiger partial charge in [-0.1, -0.05) is 38.8 Å². The number of rotatable bonds is 4. The van der Waals surface area contributed by atoms with Crippen molar-refractivity contribution >= 4 is 34.4 Å². The topological polar surface area (TPSA) is 0 Å². The summed E-state index contributed by atoms with van der Waals surface area (Å²) in [4.78, 5) is 0. The van der Waals surface area contributed by atoms with Gasteiger partial charge in [-0.2, -0.15) is 8.78 Å². The first-order chi connectivity index (χ1) is 8.20. The van der Waals surface area contributed by atoms with E-state index in [1.165, 1.54) is 28.2 Å². The molecule has 2 rings (SSSR count). The van der Waals surface area contributed by atoms with Gasteiger partial charge in [-0.05, 0) is 46.8 Å². The molecule has 0 aliphatic carbocycles. The summed E-state index contributed by atoms with van der Waals surface area (Å²) in [6.07, 6.45) is 1.00. The molecule has 1 saturated heterocycles. The molecule has 0 nitrogen and oxygen atoms in total.